The van der Waals surface area contributed by atoms with Gasteiger partial charge >= 0.3 is 5.97 Å². The number of aliphatic hydroxyl groups excluding tert-OH is 1. The summed E-state index contributed by atoms with van der Waals surface area (Å²) in [5, 5.41) is 12.3. The van der Waals surface area contributed by atoms with Crippen LogP contribution < -0.4 is 0 Å². The molecular formula is C23H33NO9. The molecule has 33 heavy (non-hydrogen) atoms. The number of carbonyl (C=O) groups excluding carboxylic acids is 2. The van der Waals surface area contributed by atoms with Gasteiger partial charge in [0.2, 0.25) is 5.79 Å². The van der Waals surface area contributed by atoms with Crippen LogP contribution >= 0.6 is 0 Å². The molecular weight excluding hydrogens is 434 g/mol. The van der Waals surface area contributed by atoms with Gasteiger partial charge in [0.15, 0.2) is 12.4 Å². The normalized spacial score (nSPS) is 32.0. The van der Waals surface area contributed by atoms with Gasteiger partial charge in [0.05, 0.1) is 25.6 Å². The molecule has 0 aromatic heterocycles. The number of ether oxygens (including phenoxy) is 5. The van der Waals surface area contributed by atoms with E-state index in [4.69, 9.17) is 28.5 Å². The Morgan fingerprint density at radius 2 is 1.88 bits per heavy atom. The number of fused-ring (bicyclic) bond motifs is 1. The van der Waals surface area contributed by atoms with Crippen LogP contribution in [0.2, 0.25) is 0 Å². The molecule has 1 amide bonds. The summed E-state index contributed by atoms with van der Waals surface area (Å²) in [6.07, 6.45) is -5.46. The zero-order chi connectivity index (χ0) is 24.4. The maximum absolute atomic E-state index is 12.8. The molecule has 2 aliphatic rings. The fraction of sp³-hybridized carbons (Fsp3) is 0.652. The van der Waals surface area contributed by atoms with Crippen molar-refractivity contribution >= 4 is 11.9 Å². The summed E-state index contributed by atoms with van der Waals surface area (Å²) in [5.41, 5.74) is -0.0638. The molecule has 2 aliphatic heterocycles. The van der Waals surface area contributed by atoms with Gasteiger partial charge in [-0.3, -0.25) is 14.4 Å². The third kappa shape index (κ3) is 5.37. The lowest BCUT2D eigenvalue weighted by atomic mass is 9.88. The van der Waals surface area contributed by atoms with Crippen LogP contribution in [0.15, 0.2) is 30.3 Å². The molecule has 0 saturated carbocycles. The molecule has 10 heteroatoms. The van der Waals surface area contributed by atoms with Gasteiger partial charge in [0, 0.05) is 19.7 Å². The van der Waals surface area contributed by atoms with Gasteiger partial charge in [-0.2, -0.15) is 0 Å². The molecule has 0 aliphatic carbocycles. The fourth-order valence-corrected chi connectivity index (χ4v) is 3.72. The molecule has 0 radical (unpaired) electrons. The summed E-state index contributed by atoms with van der Waals surface area (Å²) >= 11 is 0. The van der Waals surface area contributed by atoms with E-state index in [0.717, 1.165) is 10.6 Å². The topological polar surface area (TPSA) is 113 Å². The molecule has 0 spiro atoms. The van der Waals surface area contributed by atoms with E-state index in [-0.39, 0.29) is 13.0 Å². The maximum Gasteiger partial charge on any atom is 0.311 e. The number of methoxy groups -OCH3 is 1. The van der Waals surface area contributed by atoms with Crippen molar-refractivity contribution in [3.8, 4) is 0 Å². The minimum absolute atomic E-state index is 0.0694. The minimum atomic E-state index is -1.81. The van der Waals surface area contributed by atoms with Crippen LogP contribution in [0.4, 0.5) is 0 Å². The number of hydroxylamine groups is 2. The van der Waals surface area contributed by atoms with Crippen molar-refractivity contribution in [1.82, 2.24) is 5.06 Å². The molecule has 1 aromatic rings. The molecule has 2 heterocycles. The summed E-state index contributed by atoms with van der Waals surface area (Å²) in [7, 11) is 4.08. The highest BCUT2D eigenvalue weighted by molar-refractivity contribution is 5.76. The Morgan fingerprint density at radius 1 is 1.21 bits per heavy atom. The van der Waals surface area contributed by atoms with Crippen molar-refractivity contribution in [2.75, 3.05) is 27.9 Å². The van der Waals surface area contributed by atoms with Crippen LogP contribution in [-0.2, 0) is 38.1 Å². The van der Waals surface area contributed by atoms with Crippen LogP contribution in [0.1, 0.15) is 39.0 Å². The average Bonchev–Trinajstić information content (AvgIpc) is 2.80. The van der Waals surface area contributed by atoms with Gasteiger partial charge in [-0.15, -0.1) is 0 Å². The van der Waals surface area contributed by atoms with E-state index >= 15 is 0 Å². The van der Waals surface area contributed by atoms with E-state index in [1.54, 1.807) is 20.8 Å². The fourth-order valence-electron chi connectivity index (χ4n) is 3.72. The Labute approximate surface area is 193 Å². The van der Waals surface area contributed by atoms with Crippen molar-refractivity contribution in [2.24, 2.45) is 5.41 Å². The number of rotatable bonds is 6. The molecule has 10 nitrogen and oxygen atoms in total. The van der Waals surface area contributed by atoms with Crippen molar-refractivity contribution in [2.45, 2.75) is 63.7 Å². The van der Waals surface area contributed by atoms with Gasteiger partial charge in [-0.25, -0.2) is 5.06 Å². The van der Waals surface area contributed by atoms with Crippen molar-refractivity contribution in [3.05, 3.63) is 35.9 Å². The van der Waals surface area contributed by atoms with Gasteiger partial charge in [-0.05, 0) is 20.8 Å². The zero-order valence-corrected chi connectivity index (χ0v) is 19.8. The average molecular weight is 468 g/mol. The Balaban J connectivity index is 1.93. The molecule has 2 fully saturated rings. The second-order valence-corrected chi connectivity index (χ2v) is 9.16. The second kappa shape index (κ2) is 10.0. The largest absolute Gasteiger partial charge is 0.456 e. The molecule has 6 atom stereocenters. The Hall–Kier alpha value is -2.08. The van der Waals surface area contributed by atoms with Crippen LogP contribution in [0, 0.1) is 5.41 Å². The summed E-state index contributed by atoms with van der Waals surface area (Å²) in [5.74, 6) is -2.85. The number of esters is 1. The van der Waals surface area contributed by atoms with Gasteiger partial charge in [-0.1, -0.05) is 30.3 Å². The number of aliphatic hydroxyl groups is 1. The predicted molar refractivity (Wildman–Crippen MR) is 114 cm³/mol. The van der Waals surface area contributed by atoms with Crippen molar-refractivity contribution in [1.29, 1.82) is 0 Å². The van der Waals surface area contributed by atoms with Gasteiger partial charge < -0.3 is 28.8 Å². The first-order chi connectivity index (χ1) is 15.5. The van der Waals surface area contributed by atoms with Gasteiger partial charge in [0.1, 0.15) is 18.3 Å². The van der Waals surface area contributed by atoms with E-state index in [0.29, 0.717) is 0 Å². The number of amides is 1. The maximum atomic E-state index is 12.8. The highest BCUT2D eigenvalue weighted by atomic mass is 16.8. The Kier molecular flexibility index (Phi) is 7.77. The van der Waals surface area contributed by atoms with Crippen LogP contribution in [0.25, 0.3) is 0 Å². The lowest BCUT2D eigenvalue weighted by Gasteiger charge is -2.52. The first-order valence-corrected chi connectivity index (χ1v) is 10.8. The van der Waals surface area contributed by atoms with Crippen LogP contribution in [0.5, 0.6) is 0 Å². The number of carbonyl (C=O) groups is 2. The highest BCUT2D eigenvalue weighted by Crippen LogP contribution is 2.41. The SMILES string of the molecule is CON(C)C(=O)C[C@]1(OC)OC2COC(c3ccccc3)O[C@H]2C(OC(=O)C(C)(C)C)C1O. The third-order valence-corrected chi connectivity index (χ3v) is 5.79. The molecule has 1 N–H and O–H groups in total. The molecule has 2 saturated heterocycles. The summed E-state index contributed by atoms with van der Waals surface area (Å²) < 4.78 is 29.3. The smallest absolute Gasteiger partial charge is 0.311 e. The predicted octanol–water partition coefficient (Wildman–Crippen LogP) is 1.57. The summed E-state index contributed by atoms with van der Waals surface area (Å²) in [6, 6.07) is 9.27. The number of benzene rings is 1. The first-order valence-electron chi connectivity index (χ1n) is 10.8. The first kappa shape index (κ1) is 25.5. The summed E-state index contributed by atoms with van der Waals surface area (Å²) in [6.45, 7) is 5.18. The standard InChI is InChI=1S/C23H33NO9/c1-22(2,3)21(27)32-18-17-15(13-30-20(31-17)14-10-8-7-9-11-14)33-23(28-5,19(18)26)12-16(25)24(4)29-6/h7-11,15,17-20,26H,12-13H2,1-6H3/t15?,17-,18?,19?,20?,23+/m1/s1. The number of nitrogens with zero attached hydrogens (tertiary/aromatic N) is 1. The van der Waals surface area contributed by atoms with E-state index in [1.807, 2.05) is 30.3 Å². The molecule has 0 bridgehead atoms. The summed E-state index contributed by atoms with van der Waals surface area (Å²) in [4.78, 5) is 30.3. The van der Waals surface area contributed by atoms with Crippen LogP contribution in [-0.4, -0.2) is 80.1 Å². The third-order valence-electron chi connectivity index (χ3n) is 5.79. The monoisotopic (exact) mass is 467 g/mol. The van der Waals surface area contributed by atoms with Crippen LogP contribution in [0.3, 0.4) is 0 Å². The number of hydrogen-bond donors (Lipinski definition) is 1. The Morgan fingerprint density at radius 3 is 2.45 bits per heavy atom. The van der Waals surface area contributed by atoms with E-state index in [2.05, 4.69) is 0 Å². The lowest BCUT2D eigenvalue weighted by molar-refractivity contribution is -0.398. The lowest BCUT2D eigenvalue weighted by Crippen LogP contribution is -2.69. The van der Waals surface area contributed by atoms with Crippen molar-refractivity contribution in [3.63, 3.8) is 0 Å². The van der Waals surface area contributed by atoms with E-state index < -0.39 is 53.8 Å². The highest BCUT2D eigenvalue weighted by Gasteiger charge is 2.60. The second-order valence-electron chi connectivity index (χ2n) is 9.16. The zero-order valence-electron chi connectivity index (χ0n) is 19.8. The van der Waals surface area contributed by atoms with E-state index in [9.17, 15) is 14.7 Å². The van der Waals surface area contributed by atoms with E-state index in [1.165, 1.54) is 21.3 Å². The quantitative estimate of drug-likeness (QED) is 0.492. The molecule has 1 aromatic carbocycles. The minimum Gasteiger partial charge on any atom is -0.456 e. The number of hydrogen-bond acceptors (Lipinski definition) is 9. The molecule has 184 valence electrons. The Bertz CT molecular complexity index is 827. The molecule has 4 unspecified atom stereocenters. The van der Waals surface area contributed by atoms with Crippen molar-refractivity contribution < 1.29 is 43.2 Å². The molecule has 3 rings (SSSR count). The van der Waals surface area contributed by atoms with Gasteiger partial charge in [0.25, 0.3) is 5.91 Å².